The predicted octanol–water partition coefficient (Wildman–Crippen LogP) is 3.71. The molecule has 2 rings (SSSR count). The standard InChI is InChI=1S/C22H38N4O/c1-6-27-14-13-22(11-7-8-12-22)17-25-21(23-3)24-16-19-9-10-20(26(4)5)15-18(19)2/h9-10,15H,6-8,11-14,16-17H2,1-5H3,(H2,23,24,25). The Morgan fingerprint density at radius 3 is 2.56 bits per heavy atom. The molecule has 0 aromatic heterocycles. The van der Waals surface area contributed by atoms with Crippen LogP contribution in [0.3, 0.4) is 0 Å². The molecule has 0 saturated heterocycles. The summed E-state index contributed by atoms with van der Waals surface area (Å²) < 4.78 is 5.62. The van der Waals surface area contributed by atoms with Crippen LogP contribution in [0.25, 0.3) is 0 Å². The molecule has 5 heteroatoms. The highest BCUT2D eigenvalue weighted by Crippen LogP contribution is 2.40. The minimum atomic E-state index is 0.357. The number of aryl methyl sites for hydroxylation is 1. The van der Waals surface area contributed by atoms with Gasteiger partial charge in [0.2, 0.25) is 0 Å². The highest BCUT2D eigenvalue weighted by Gasteiger charge is 2.33. The number of nitrogens with one attached hydrogen (secondary N) is 2. The van der Waals surface area contributed by atoms with Crippen LogP contribution in [0.5, 0.6) is 0 Å². The van der Waals surface area contributed by atoms with Gasteiger partial charge in [0.05, 0.1) is 0 Å². The lowest BCUT2D eigenvalue weighted by atomic mass is 9.83. The molecule has 152 valence electrons. The third kappa shape index (κ3) is 6.42. The fraction of sp³-hybridized carbons (Fsp3) is 0.682. The third-order valence-electron chi connectivity index (χ3n) is 5.79. The van der Waals surface area contributed by atoms with E-state index in [1.54, 1.807) is 0 Å². The quantitative estimate of drug-likeness (QED) is 0.393. The van der Waals surface area contributed by atoms with Crippen molar-refractivity contribution in [2.75, 3.05) is 45.8 Å². The molecule has 1 fully saturated rings. The van der Waals surface area contributed by atoms with Crippen molar-refractivity contribution in [2.45, 2.75) is 52.5 Å². The van der Waals surface area contributed by atoms with Gasteiger partial charge in [-0.15, -0.1) is 0 Å². The summed E-state index contributed by atoms with van der Waals surface area (Å²) in [5, 5.41) is 7.05. The number of nitrogens with zero attached hydrogens (tertiary/aromatic N) is 2. The van der Waals surface area contributed by atoms with Crippen LogP contribution in [-0.2, 0) is 11.3 Å². The van der Waals surface area contributed by atoms with Crippen LogP contribution in [0.4, 0.5) is 5.69 Å². The number of rotatable bonds is 9. The SMILES string of the molecule is CCOCCC1(CNC(=NC)NCc2ccc(N(C)C)cc2C)CCCC1. The Morgan fingerprint density at radius 1 is 1.22 bits per heavy atom. The van der Waals surface area contributed by atoms with Gasteiger partial charge in [0.15, 0.2) is 5.96 Å². The third-order valence-corrected chi connectivity index (χ3v) is 5.79. The highest BCUT2D eigenvalue weighted by molar-refractivity contribution is 5.79. The zero-order valence-corrected chi connectivity index (χ0v) is 17.9. The van der Waals surface area contributed by atoms with Gasteiger partial charge < -0.3 is 20.3 Å². The van der Waals surface area contributed by atoms with E-state index in [4.69, 9.17) is 4.74 Å². The summed E-state index contributed by atoms with van der Waals surface area (Å²) in [5.74, 6) is 0.883. The molecule has 0 radical (unpaired) electrons. The zero-order valence-electron chi connectivity index (χ0n) is 17.9. The highest BCUT2D eigenvalue weighted by atomic mass is 16.5. The molecular weight excluding hydrogens is 336 g/mol. The van der Waals surface area contributed by atoms with Gasteiger partial charge in [-0.05, 0) is 61.8 Å². The summed E-state index contributed by atoms with van der Waals surface area (Å²) in [6.07, 6.45) is 6.37. The van der Waals surface area contributed by atoms with Gasteiger partial charge in [-0.25, -0.2) is 0 Å². The zero-order chi connectivity index (χ0) is 19.7. The summed E-state index contributed by atoms with van der Waals surface area (Å²) in [7, 11) is 5.99. The molecule has 0 amide bonds. The lowest BCUT2D eigenvalue weighted by Crippen LogP contribution is -2.43. The molecule has 1 aromatic carbocycles. The molecule has 0 heterocycles. The number of anilines is 1. The van der Waals surface area contributed by atoms with Crippen molar-refractivity contribution in [1.29, 1.82) is 0 Å². The molecule has 2 N–H and O–H groups in total. The van der Waals surface area contributed by atoms with Gasteiger partial charge >= 0.3 is 0 Å². The van der Waals surface area contributed by atoms with Gasteiger partial charge in [0.1, 0.15) is 0 Å². The Balaban J connectivity index is 1.88. The molecule has 0 unspecified atom stereocenters. The Bertz CT molecular complexity index is 606. The molecule has 1 saturated carbocycles. The second-order valence-electron chi connectivity index (χ2n) is 7.94. The van der Waals surface area contributed by atoms with Crippen LogP contribution in [0, 0.1) is 12.3 Å². The second kappa shape index (κ2) is 10.5. The monoisotopic (exact) mass is 374 g/mol. The summed E-state index contributed by atoms with van der Waals surface area (Å²) in [4.78, 5) is 6.55. The van der Waals surface area contributed by atoms with Gasteiger partial charge in [0, 0.05) is 53.1 Å². The van der Waals surface area contributed by atoms with E-state index in [1.807, 2.05) is 7.05 Å². The lowest BCUT2D eigenvalue weighted by Gasteiger charge is -2.30. The van der Waals surface area contributed by atoms with E-state index < -0.39 is 0 Å². The number of guanidine groups is 1. The number of ether oxygens (including phenoxy) is 1. The van der Waals surface area contributed by atoms with Crippen molar-refractivity contribution in [3.8, 4) is 0 Å². The largest absolute Gasteiger partial charge is 0.382 e. The molecule has 0 aliphatic heterocycles. The Labute approximate surface area is 165 Å². The van der Waals surface area contributed by atoms with Crippen molar-refractivity contribution in [2.24, 2.45) is 10.4 Å². The number of hydrogen-bond donors (Lipinski definition) is 2. The van der Waals surface area contributed by atoms with Crippen molar-refractivity contribution >= 4 is 11.6 Å². The first-order valence-electron chi connectivity index (χ1n) is 10.3. The van der Waals surface area contributed by atoms with Crippen molar-refractivity contribution in [3.63, 3.8) is 0 Å². The van der Waals surface area contributed by atoms with Crippen LogP contribution in [-0.4, -0.2) is 46.9 Å². The van der Waals surface area contributed by atoms with Crippen molar-refractivity contribution in [1.82, 2.24) is 10.6 Å². The summed E-state index contributed by atoms with van der Waals surface area (Å²) in [6.45, 7) is 7.66. The van der Waals surface area contributed by atoms with Crippen molar-refractivity contribution in [3.05, 3.63) is 29.3 Å². The fourth-order valence-electron chi connectivity index (χ4n) is 3.90. The van der Waals surface area contributed by atoms with E-state index >= 15 is 0 Å². The van der Waals surface area contributed by atoms with E-state index in [-0.39, 0.29) is 0 Å². The smallest absolute Gasteiger partial charge is 0.191 e. The molecular formula is C22H38N4O. The molecule has 1 aliphatic carbocycles. The van der Waals surface area contributed by atoms with Gasteiger partial charge in [0.25, 0.3) is 0 Å². The molecule has 27 heavy (non-hydrogen) atoms. The maximum atomic E-state index is 5.62. The topological polar surface area (TPSA) is 48.9 Å². The molecule has 1 aromatic rings. The predicted molar refractivity (Wildman–Crippen MR) is 116 cm³/mol. The normalized spacial score (nSPS) is 16.4. The Morgan fingerprint density at radius 2 is 1.96 bits per heavy atom. The molecule has 0 bridgehead atoms. The first kappa shape index (κ1) is 21.5. The van der Waals surface area contributed by atoms with Gasteiger partial charge in [-0.1, -0.05) is 18.9 Å². The number of hydrogen-bond acceptors (Lipinski definition) is 3. The summed E-state index contributed by atoms with van der Waals surface area (Å²) >= 11 is 0. The minimum absolute atomic E-state index is 0.357. The van der Waals surface area contributed by atoms with E-state index in [2.05, 4.69) is 66.7 Å². The average molecular weight is 375 g/mol. The van der Waals surface area contributed by atoms with Crippen LogP contribution in [0.2, 0.25) is 0 Å². The van der Waals surface area contributed by atoms with Crippen molar-refractivity contribution < 1.29 is 4.74 Å². The minimum Gasteiger partial charge on any atom is -0.382 e. The number of benzene rings is 1. The maximum absolute atomic E-state index is 5.62. The lowest BCUT2D eigenvalue weighted by molar-refractivity contribution is 0.105. The van der Waals surface area contributed by atoms with Gasteiger partial charge in [-0.3, -0.25) is 4.99 Å². The fourth-order valence-corrected chi connectivity index (χ4v) is 3.90. The van der Waals surface area contributed by atoms with E-state index in [9.17, 15) is 0 Å². The van der Waals surface area contributed by atoms with E-state index in [1.165, 1.54) is 42.5 Å². The number of aliphatic imine (C=N–C) groups is 1. The van der Waals surface area contributed by atoms with Gasteiger partial charge in [-0.2, -0.15) is 0 Å². The van der Waals surface area contributed by atoms with Crippen LogP contribution >= 0.6 is 0 Å². The van der Waals surface area contributed by atoms with E-state index in [0.29, 0.717) is 5.41 Å². The molecule has 0 atom stereocenters. The molecule has 5 nitrogen and oxygen atoms in total. The molecule has 0 spiro atoms. The van der Waals surface area contributed by atoms with Crippen LogP contribution in [0.15, 0.2) is 23.2 Å². The van der Waals surface area contributed by atoms with Crippen LogP contribution < -0.4 is 15.5 Å². The summed E-state index contributed by atoms with van der Waals surface area (Å²) in [6, 6.07) is 6.60. The Hall–Kier alpha value is -1.75. The maximum Gasteiger partial charge on any atom is 0.191 e. The van der Waals surface area contributed by atoms with E-state index in [0.717, 1.165) is 38.7 Å². The second-order valence-corrected chi connectivity index (χ2v) is 7.94. The van der Waals surface area contributed by atoms with Crippen LogP contribution in [0.1, 0.15) is 50.2 Å². The first-order valence-corrected chi connectivity index (χ1v) is 10.3. The Kier molecular flexibility index (Phi) is 8.42. The molecule has 1 aliphatic rings. The summed E-state index contributed by atoms with van der Waals surface area (Å²) in [5.41, 5.74) is 4.19. The first-order chi connectivity index (χ1) is 13.0. The average Bonchev–Trinajstić information content (AvgIpc) is 3.12.